The number of carbonyl (C=O) groups is 2. The molecular weight excluding hydrogens is 460 g/mol. The number of pyridine rings is 1. The standard InChI is InChI=1S/C26H28N6O4/c1-4-32-24-19(13-29-32)23(30-18-8-9-35-22(33)10-18)20(12-27-24)26-31-21(14-36-26)25(34)28-11-17-7-5-6-15(2)16(17)3/h5-7,12-14,18H,4,8-11H2,1-3H3,(H,27,30)(H,28,34). The summed E-state index contributed by atoms with van der Waals surface area (Å²) in [7, 11) is 0. The van der Waals surface area contributed by atoms with Crippen molar-refractivity contribution in [1.82, 2.24) is 25.1 Å². The number of anilines is 1. The molecule has 3 aromatic heterocycles. The summed E-state index contributed by atoms with van der Waals surface area (Å²) in [6, 6.07) is 5.90. The van der Waals surface area contributed by atoms with Crippen LogP contribution in [0.15, 0.2) is 41.3 Å². The van der Waals surface area contributed by atoms with E-state index >= 15 is 0 Å². The number of carbonyl (C=O) groups excluding carboxylic acids is 2. The monoisotopic (exact) mass is 488 g/mol. The molecule has 1 aliphatic heterocycles. The van der Waals surface area contributed by atoms with Gasteiger partial charge in [-0.1, -0.05) is 18.2 Å². The molecule has 1 atom stereocenters. The Morgan fingerprint density at radius 3 is 2.92 bits per heavy atom. The zero-order valence-corrected chi connectivity index (χ0v) is 20.5. The maximum absolute atomic E-state index is 12.8. The molecule has 1 unspecified atom stereocenters. The molecule has 10 heteroatoms. The van der Waals surface area contributed by atoms with E-state index in [4.69, 9.17) is 9.15 Å². The third kappa shape index (κ3) is 4.53. The number of cyclic esters (lactones) is 1. The fourth-order valence-electron chi connectivity index (χ4n) is 4.35. The predicted octanol–water partition coefficient (Wildman–Crippen LogP) is 3.77. The first-order chi connectivity index (χ1) is 17.4. The van der Waals surface area contributed by atoms with E-state index in [2.05, 4.69) is 25.7 Å². The lowest BCUT2D eigenvalue weighted by atomic mass is 10.0. The van der Waals surface area contributed by atoms with Crippen LogP contribution in [0, 0.1) is 13.8 Å². The molecule has 10 nitrogen and oxygen atoms in total. The lowest BCUT2D eigenvalue weighted by molar-refractivity contribution is -0.147. The van der Waals surface area contributed by atoms with Gasteiger partial charge in [0.1, 0.15) is 6.26 Å². The van der Waals surface area contributed by atoms with Gasteiger partial charge in [-0.15, -0.1) is 0 Å². The lowest BCUT2D eigenvalue weighted by Gasteiger charge is -2.24. The zero-order chi connectivity index (χ0) is 25.2. The van der Waals surface area contributed by atoms with Crippen LogP contribution >= 0.6 is 0 Å². The third-order valence-corrected chi connectivity index (χ3v) is 6.58. The number of aryl methyl sites for hydroxylation is 2. The van der Waals surface area contributed by atoms with Crippen LogP contribution in [-0.2, 0) is 22.6 Å². The van der Waals surface area contributed by atoms with Crippen molar-refractivity contribution < 1.29 is 18.7 Å². The summed E-state index contributed by atoms with van der Waals surface area (Å²) in [5.74, 6) is -0.316. The van der Waals surface area contributed by atoms with E-state index in [1.807, 2.05) is 39.0 Å². The number of hydrogen-bond acceptors (Lipinski definition) is 8. The van der Waals surface area contributed by atoms with Crippen molar-refractivity contribution in [3.05, 3.63) is 59.2 Å². The first kappa shape index (κ1) is 23.5. The fraction of sp³-hybridized carbons (Fsp3) is 0.346. The summed E-state index contributed by atoms with van der Waals surface area (Å²) in [6.45, 7) is 7.48. The number of nitrogens with one attached hydrogen (secondary N) is 2. The molecule has 186 valence electrons. The van der Waals surface area contributed by atoms with Gasteiger partial charge in [0.2, 0.25) is 5.89 Å². The van der Waals surface area contributed by atoms with E-state index in [-0.39, 0.29) is 35.9 Å². The van der Waals surface area contributed by atoms with Gasteiger partial charge in [0.15, 0.2) is 11.3 Å². The molecule has 1 saturated heterocycles. The second kappa shape index (κ2) is 9.80. The van der Waals surface area contributed by atoms with Crippen LogP contribution < -0.4 is 10.6 Å². The van der Waals surface area contributed by atoms with Crippen molar-refractivity contribution in [1.29, 1.82) is 0 Å². The zero-order valence-electron chi connectivity index (χ0n) is 20.5. The Morgan fingerprint density at radius 2 is 2.11 bits per heavy atom. The van der Waals surface area contributed by atoms with Crippen LogP contribution in [-0.4, -0.2) is 44.3 Å². The number of rotatable bonds is 7. The lowest BCUT2D eigenvalue weighted by Crippen LogP contribution is -2.31. The first-order valence-corrected chi connectivity index (χ1v) is 12.0. The summed E-state index contributed by atoms with van der Waals surface area (Å²) in [4.78, 5) is 33.7. The van der Waals surface area contributed by atoms with Crippen LogP contribution in [0.4, 0.5) is 5.69 Å². The number of nitrogens with zero attached hydrogens (tertiary/aromatic N) is 4. The summed E-state index contributed by atoms with van der Waals surface area (Å²) in [5.41, 5.74) is 5.55. The molecule has 0 radical (unpaired) electrons. The molecule has 0 bridgehead atoms. The molecule has 0 saturated carbocycles. The molecule has 1 aromatic carbocycles. The van der Waals surface area contributed by atoms with Crippen LogP contribution in [0.25, 0.3) is 22.5 Å². The van der Waals surface area contributed by atoms with Gasteiger partial charge in [-0.2, -0.15) is 5.10 Å². The van der Waals surface area contributed by atoms with Gasteiger partial charge in [-0.3, -0.25) is 9.59 Å². The van der Waals surface area contributed by atoms with E-state index in [1.165, 1.54) is 11.8 Å². The van der Waals surface area contributed by atoms with Crippen molar-refractivity contribution in [3.8, 4) is 11.5 Å². The fourth-order valence-corrected chi connectivity index (χ4v) is 4.35. The number of ether oxygens (including phenoxy) is 1. The maximum atomic E-state index is 12.8. The van der Waals surface area contributed by atoms with Gasteiger partial charge < -0.3 is 19.8 Å². The molecule has 2 N–H and O–H groups in total. The van der Waals surface area contributed by atoms with E-state index in [0.29, 0.717) is 43.0 Å². The van der Waals surface area contributed by atoms with Crippen molar-refractivity contribution in [2.24, 2.45) is 0 Å². The third-order valence-electron chi connectivity index (χ3n) is 6.58. The Balaban J connectivity index is 1.43. The number of benzene rings is 1. The quantitative estimate of drug-likeness (QED) is 0.377. The van der Waals surface area contributed by atoms with Crippen LogP contribution in [0.2, 0.25) is 0 Å². The van der Waals surface area contributed by atoms with Gasteiger partial charge >= 0.3 is 5.97 Å². The highest BCUT2D eigenvalue weighted by atomic mass is 16.5. The largest absolute Gasteiger partial charge is 0.466 e. The van der Waals surface area contributed by atoms with E-state index in [1.54, 1.807) is 17.1 Å². The smallest absolute Gasteiger partial charge is 0.307 e. The highest BCUT2D eigenvalue weighted by molar-refractivity contribution is 5.98. The maximum Gasteiger partial charge on any atom is 0.307 e. The highest BCUT2D eigenvalue weighted by Gasteiger charge is 2.25. The molecule has 0 aliphatic carbocycles. The molecule has 1 aliphatic rings. The van der Waals surface area contributed by atoms with Gasteiger partial charge in [0.25, 0.3) is 5.91 Å². The number of aromatic nitrogens is 4. The normalized spacial score (nSPS) is 15.6. The second-order valence-electron chi connectivity index (χ2n) is 8.88. The Morgan fingerprint density at radius 1 is 1.25 bits per heavy atom. The number of fused-ring (bicyclic) bond motifs is 1. The average molecular weight is 489 g/mol. The van der Waals surface area contributed by atoms with E-state index in [0.717, 1.165) is 16.5 Å². The van der Waals surface area contributed by atoms with Gasteiger partial charge in [0.05, 0.1) is 35.9 Å². The number of esters is 1. The molecular formula is C26H28N6O4. The summed E-state index contributed by atoms with van der Waals surface area (Å²) in [6.07, 6.45) is 5.66. The number of oxazole rings is 1. The molecule has 0 spiro atoms. The SMILES string of the molecule is CCn1ncc2c(NC3CCOC(=O)C3)c(-c3nc(C(=O)NCc4cccc(C)c4C)co3)cnc21. The highest BCUT2D eigenvalue weighted by Crippen LogP contribution is 2.34. The van der Waals surface area contributed by atoms with Gasteiger partial charge in [-0.05, 0) is 37.5 Å². The Hall–Kier alpha value is -4.21. The minimum Gasteiger partial charge on any atom is -0.466 e. The second-order valence-corrected chi connectivity index (χ2v) is 8.88. The molecule has 5 rings (SSSR count). The number of amides is 1. The summed E-state index contributed by atoms with van der Waals surface area (Å²) >= 11 is 0. The summed E-state index contributed by atoms with van der Waals surface area (Å²) in [5, 5.41) is 11.6. The van der Waals surface area contributed by atoms with Crippen molar-refractivity contribution >= 4 is 28.6 Å². The topological polar surface area (TPSA) is 124 Å². The first-order valence-electron chi connectivity index (χ1n) is 12.0. The van der Waals surface area contributed by atoms with Gasteiger partial charge in [0, 0.05) is 31.7 Å². The predicted molar refractivity (Wildman–Crippen MR) is 133 cm³/mol. The van der Waals surface area contributed by atoms with Crippen molar-refractivity contribution in [2.75, 3.05) is 11.9 Å². The van der Waals surface area contributed by atoms with E-state index < -0.39 is 0 Å². The Labute approximate surface area is 208 Å². The van der Waals surface area contributed by atoms with Crippen LogP contribution in [0.1, 0.15) is 46.9 Å². The number of hydrogen-bond donors (Lipinski definition) is 2. The molecule has 1 amide bonds. The Kier molecular flexibility index (Phi) is 6.41. The molecule has 4 heterocycles. The van der Waals surface area contributed by atoms with Crippen LogP contribution in [0.3, 0.4) is 0 Å². The Bertz CT molecular complexity index is 1440. The minimum absolute atomic E-state index is 0.115. The van der Waals surface area contributed by atoms with Crippen LogP contribution in [0.5, 0.6) is 0 Å². The minimum atomic E-state index is -0.330. The molecule has 36 heavy (non-hydrogen) atoms. The summed E-state index contributed by atoms with van der Waals surface area (Å²) < 4.78 is 12.6. The molecule has 4 aromatic rings. The molecule has 1 fully saturated rings. The van der Waals surface area contributed by atoms with Gasteiger partial charge in [-0.25, -0.2) is 14.6 Å². The van der Waals surface area contributed by atoms with Crippen molar-refractivity contribution in [3.63, 3.8) is 0 Å². The van der Waals surface area contributed by atoms with Crippen molar-refractivity contribution in [2.45, 2.75) is 52.7 Å². The average Bonchev–Trinajstić information content (AvgIpc) is 3.53. The van der Waals surface area contributed by atoms with E-state index in [9.17, 15) is 9.59 Å².